The number of hydrogen-bond acceptors (Lipinski definition) is 6. The van der Waals surface area contributed by atoms with Gasteiger partial charge in [-0.3, -0.25) is 4.79 Å². The molecule has 3 rings (SSSR count). The number of carbonyl (C=O) groups is 2. The Morgan fingerprint density at radius 3 is 2.65 bits per heavy atom. The van der Waals surface area contributed by atoms with E-state index in [9.17, 15) is 9.59 Å². The molecule has 1 fully saturated rings. The fourth-order valence-electron chi connectivity index (χ4n) is 2.62. The van der Waals surface area contributed by atoms with Crippen molar-refractivity contribution in [2.45, 2.75) is 32.7 Å². The maximum absolute atomic E-state index is 12.6. The van der Waals surface area contributed by atoms with Crippen molar-refractivity contribution in [3.8, 4) is 17.4 Å². The molecule has 2 heterocycles. The molecular weight excluding hydrogens is 336 g/mol. The second kappa shape index (κ2) is 6.62. The smallest absolute Gasteiger partial charge is 0.330 e. The highest BCUT2D eigenvalue weighted by molar-refractivity contribution is 6.22. The number of anilines is 1. The quantitative estimate of drug-likeness (QED) is 0.828. The van der Waals surface area contributed by atoms with Gasteiger partial charge in [0.2, 0.25) is 5.88 Å². The number of nitrogens with zero attached hydrogens (tertiary/aromatic N) is 3. The lowest BCUT2D eigenvalue weighted by Crippen LogP contribution is -2.43. The Hall–Kier alpha value is -3.16. The number of carbonyl (C=O) groups excluding carboxylic acids is 2. The minimum absolute atomic E-state index is 0.161. The maximum atomic E-state index is 12.6. The van der Waals surface area contributed by atoms with E-state index in [2.05, 4.69) is 15.3 Å². The van der Waals surface area contributed by atoms with Gasteiger partial charge in [-0.2, -0.15) is 0 Å². The van der Waals surface area contributed by atoms with E-state index < -0.39 is 11.6 Å². The van der Waals surface area contributed by atoms with E-state index in [1.54, 1.807) is 26.2 Å². The largest absolute Gasteiger partial charge is 0.496 e. The highest BCUT2D eigenvalue weighted by Gasteiger charge is 2.47. The van der Waals surface area contributed by atoms with Crippen molar-refractivity contribution in [2.75, 3.05) is 12.0 Å². The lowest BCUT2D eigenvalue weighted by Gasteiger charge is -2.18. The minimum Gasteiger partial charge on any atom is -0.496 e. The molecule has 1 aromatic heterocycles. The highest BCUT2D eigenvalue weighted by Crippen LogP contribution is 2.30. The van der Waals surface area contributed by atoms with Crippen LogP contribution in [0.15, 0.2) is 30.6 Å². The van der Waals surface area contributed by atoms with Crippen molar-refractivity contribution in [2.24, 2.45) is 0 Å². The third-order valence-corrected chi connectivity index (χ3v) is 4.43. The van der Waals surface area contributed by atoms with Gasteiger partial charge >= 0.3 is 6.03 Å². The van der Waals surface area contributed by atoms with E-state index in [1.807, 2.05) is 19.9 Å². The molecule has 3 amide bonds. The molecule has 0 saturated carbocycles. The van der Waals surface area contributed by atoms with Gasteiger partial charge in [0.15, 0.2) is 5.82 Å². The Labute approximate surface area is 151 Å². The number of imide groups is 1. The van der Waals surface area contributed by atoms with Crippen LogP contribution in [0.1, 0.15) is 25.8 Å². The molecule has 1 aromatic carbocycles. The first-order valence-corrected chi connectivity index (χ1v) is 8.19. The van der Waals surface area contributed by atoms with Crippen molar-refractivity contribution in [3.63, 3.8) is 0 Å². The molecule has 0 bridgehead atoms. The average molecular weight is 356 g/mol. The molecule has 1 N–H and O–H groups in total. The summed E-state index contributed by atoms with van der Waals surface area (Å²) in [6, 6.07) is 6.31. The first-order chi connectivity index (χ1) is 12.4. The number of aromatic nitrogens is 2. The predicted octanol–water partition coefficient (Wildman–Crippen LogP) is 2.81. The Balaban J connectivity index is 1.87. The van der Waals surface area contributed by atoms with E-state index >= 15 is 0 Å². The summed E-state index contributed by atoms with van der Waals surface area (Å²) in [4.78, 5) is 33.9. The SMILES string of the molecule is CC[C@@]1(C)NC(=O)N(c2cc(Oc3ccc(C)c(OC)c3)ncn2)C1=O. The summed E-state index contributed by atoms with van der Waals surface area (Å²) in [6.45, 7) is 5.44. The van der Waals surface area contributed by atoms with Crippen molar-refractivity contribution in [3.05, 3.63) is 36.2 Å². The molecule has 1 aliphatic rings. The van der Waals surface area contributed by atoms with Gasteiger partial charge in [0, 0.05) is 12.1 Å². The van der Waals surface area contributed by atoms with Gasteiger partial charge in [0.1, 0.15) is 23.4 Å². The summed E-state index contributed by atoms with van der Waals surface area (Å²) in [5, 5.41) is 2.69. The summed E-state index contributed by atoms with van der Waals surface area (Å²) in [5.74, 6) is 1.23. The number of aryl methyl sites for hydroxylation is 1. The molecule has 8 heteroatoms. The lowest BCUT2D eigenvalue weighted by molar-refractivity contribution is -0.121. The molecule has 0 unspecified atom stereocenters. The Morgan fingerprint density at radius 2 is 2.00 bits per heavy atom. The van der Waals surface area contributed by atoms with Crippen LogP contribution in [0.2, 0.25) is 0 Å². The Kier molecular flexibility index (Phi) is 4.50. The molecule has 8 nitrogen and oxygen atoms in total. The predicted molar refractivity (Wildman–Crippen MR) is 94.6 cm³/mol. The molecular formula is C18H20N4O4. The third kappa shape index (κ3) is 3.05. The van der Waals surface area contributed by atoms with E-state index in [0.29, 0.717) is 17.9 Å². The third-order valence-electron chi connectivity index (χ3n) is 4.43. The summed E-state index contributed by atoms with van der Waals surface area (Å²) in [6.07, 6.45) is 1.73. The number of hydrogen-bond donors (Lipinski definition) is 1. The van der Waals surface area contributed by atoms with Gasteiger partial charge in [-0.25, -0.2) is 19.7 Å². The number of amides is 3. The summed E-state index contributed by atoms with van der Waals surface area (Å²) < 4.78 is 11.0. The highest BCUT2D eigenvalue weighted by atomic mass is 16.5. The first kappa shape index (κ1) is 17.7. The van der Waals surface area contributed by atoms with Gasteiger partial charge < -0.3 is 14.8 Å². The minimum atomic E-state index is -0.937. The fraction of sp³-hybridized carbons (Fsp3) is 0.333. The number of benzene rings is 1. The fourth-order valence-corrected chi connectivity index (χ4v) is 2.62. The van der Waals surface area contributed by atoms with Crippen LogP contribution < -0.4 is 19.7 Å². The van der Waals surface area contributed by atoms with Crippen LogP contribution in [-0.2, 0) is 4.79 Å². The van der Waals surface area contributed by atoms with Gasteiger partial charge in [-0.15, -0.1) is 0 Å². The molecule has 0 radical (unpaired) electrons. The molecule has 0 aliphatic carbocycles. The van der Waals surface area contributed by atoms with Crippen molar-refractivity contribution < 1.29 is 19.1 Å². The van der Waals surface area contributed by atoms with E-state index in [4.69, 9.17) is 9.47 Å². The molecule has 0 spiro atoms. The topological polar surface area (TPSA) is 93.7 Å². The molecule has 2 aromatic rings. The van der Waals surface area contributed by atoms with E-state index in [0.717, 1.165) is 10.5 Å². The van der Waals surface area contributed by atoms with E-state index in [-0.39, 0.29) is 17.6 Å². The average Bonchev–Trinajstić information content (AvgIpc) is 2.86. The van der Waals surface area contributed by atoms with Crippen LogP contribution in [0.25, 0.3) is 0 Å². The van der Waals surface area contributed by atoms with Crippen molar-refractivity contribution in [1.82, 2.24) is 15.3 Å². The molecule has 136 valence electrons. The monoisotopic (exact) mass is 356 g/mol. The Morgan fingerprint density at radius 1 is 1.23 bits per heavy atom. The van der Waals surface area contributed by atoms with Crippen LogP contribution in [0.5, 0.6) is 17.4 Å². The van der Waals surface area contributed by atoms with Gasteiger partial charge in [0.25, 0.3) is 5.91 Å². The molecule has 1 atom stereocenters. The van der Waals surface area contributed by atoms with Crippen LogP contribution >= 0.6 is 0 Å². The number of rotatable bonds is 5. The van der Waals surface area contributed by atoms with Gasteiger partial charge in [-0.1, -0.05) is 13.0 Å². The Bertz CT molecular complexity index is 870. The second-order valence-electron chi connectivity index (χ2n) is 6.20. The van der Waals surface area contributed by atoms with Gasteiger partial charge in [-0.05, 0) is 31.9 Å². The first-order valence-electron chi connectivity index (χ1n) is 8.19. The van der Waals surface area contributed by atoms with Crippen LogP contribution in [0, 0.1) is 6.92 Å². The molecule has 1 saturated heterocycles. The van der Waals surface area contributed by atoms with Crippen molar-refractivity contribution >= 4 is 17.8 Å². The summed E-state index contributed by atoms with van der Waals surface area (Å²) >= 11 is 0. The van der Waals surface area contributed by atoms with Crippen LogP contribution in [-0.4, -0.2) is 34.6 Å². The van der Waals surface area contributed by atoms with Crippen molar-refractivity contribution in [1.29, 1.82) is 0 Å². The normalized spacial score (nSPS) is 19.5. The summed E-state index contributed by atoms with van der Waals surface area (Å²) in [7, 11) is 1.58. The molecule has 26 heavy (non-hydrogen) atoms. The maximum Gasteiger partial charge on any atom is 0.330 e. The standard InChI is InChI=1S/C18H20N4O4/c1-5-18(3)16(23)22(17(24)21-18)14-9-15(20-10-19-14)26-12-7-6-11(2)13(8-12)25-4/h6-10H,5H2,1-4H3,(H,21,24)/t18-/m1/s1. The summed E-state index contributed by atoms with van der Waals surface area (Å²) in [5.41, 5.74) is 0.0364. The lowest BCUT2D eigenvalue weighted by atomic mass is 9.99. The zero-order valence-corrected chi connectivity index (χ0v) is 15.1. The van der Waals surface area contributed by atoms with Crippen LogP contribution in [0.3, 0.4) is 0 Å². The number of methoxy groups -OCH3 is 1. The van der Waals surface area contributed by atoms with Gasteiger partial charge in [0.05, 0.1) is 7.11 Å². The molecule has 1 aliphatic heterocycles. The number of nitrogens with one attached hydrogen (secondary N) is 1. The number of ether oxygens (including phenoxy) is 2. The number of urea groups is 1. The second-order valence-corrected chi connectivity index (χ2v) is 6.20. The van der Waals surface area contributed by atoms with Crippen LogP contribution in [0.4, 0.5) is 10.6 Å². The van der Waals surface area contributed by atoms with E-state index in [1.165, 1.54) is 12.4 Å². The zero-order valence-electron chi connectivity index (χ0n) is 15.1. The zero-order chi connectivity index (χ0) is 18.9.